The molecule has 0 spiro atoms. The van der Waals surface area contributed by atoms with Gasteiger partial charge < -0.3 is 19.2 Å². The van der Waals surface area contributed by atoms with Gasteiger partial charge in [-0.05, 0) is 52.7 Å². The smallest absolute Gasteiger partial charge is 0.412 e. The number of hydrogen-bond donors (Lipinski definition) is 2. The van der Waals surface area contributed by atoms with E-state index in [2.05, 4.69) is 48.1 Å². The predicted octanol–water partition coefficient (Wildman–Crippen LogP) is 6.71. The van der Waals surface area contributed by atoms with Crippen molar-refractivity contribution in [1.82, 2.24) is 14.2 Å². The van der Waals surface area contributed by atoms with E-state index in [0.717, 1.165) is 21.5 Å². The van der Waals surface area contributed by atoms with Crippen LogP contribution in [0.2, 0.25) is 23.2 Å². The molecule has 200 valence electrons. The molecule has 0 saturated heterocycles. The summed E-state index contributed by atoms with van der Waals surface area (Å²) in [6, 6.07) is 12.3. The maximum atomic E-state index is 12.4. The maximum absolute atomic E-state index is 12.4. The van der Waals surface area contributed by atoms with Crippen LogP contribution in [0.5, 0.6) is 5.75 Å². The third kappa shape index (κ3) is 5.14. The van der Waals surface area contributed by atoms with Gasteiger partial charge in [-0.2, -0.15) is 0 Å². The minimum absolute atomic E-state index is 0.0363. The van der Waals surface area contributed by atoms with E-state index < -0.39 is 20.4 Å². The van der Waals surface area contributed by atoms with Crippen molar-refractivity contribution < 1.29 is 19.7 Å². The monoisotopic (exact) mass is 552 g/mol. The molecule has 1 unspecified atom stereocenters. The van der Waals surface area contributed by atoms with Gasteiger partial charge in [0.2, 0.25) is 0 Å². The number of ether oxygens (including phenoxy) is 1. The highest BCUT2D eigenvalue weighted by Crippen LogP contribution is 2.40. The minimum atomic E-state index is -1.99. The third-order valence-electron chi connectivity index (χ3n) is 7.50. The maximum Gasteiger partial charge on any atom is 0.412 e. The van der Waals surface area contributed by atoms with Gasteiger partial charge in [-0.15, -0.1) is 0 Å². The lowest BCUT2D eigenvalue weighted by Gasteiger charge is -2.38. The number of amides is 1. The van der Waals surface area contributed by atoms with Gasteiger partial charge in [0.1, 0.15) is 17.5 Å². The molecule has 2 N–H and O–H groups in total. The van der Waals surface area contributed by atoms with Crippen LogP contribution in [0.1, 0.15) is 43.7 Å². The average molecular weight is 553 g/mol. The summed E-state index contributed by atoms with van der Waals surface area (Å²) in [5, 5.41) is 22.9. The van der Waals surface area contributed by atoms with Crippen molar-refractivity contribution in [3.8, 4) is 5.75 Å². The zero-order valence-electron chi connectivity index (χ0n) is 22.4. The van der Waals surface area contributed by atoms with Crippen LogP contribution in [-0.4, -0.2) is 45.9 Å². The van der Waals surface area contributed by atoms with E-state index in [1.165, 1.54) is 12.3 Å². The Morgan fingerprint density at radius 3 is 2.45 bits per heavy atom. The number of carboxylic acid groups (broad SMARTS) is 1. The molecule has 3 aromatic heterocycles. The van der Waals surface area contributed by atoms with Gasteiger partial charge in [-0.3, -0.25) is 9.88 Å². The number of nitrogens with zero attached hydrogens (tertiary/aromatic N) is 4. The second kappa shape index (κ2) is 10.4. The molecule has 0 saturated carbocycles. The fraction of sp³-hybridized carbons (Fsp3) is 0.321. The van der Waals surface area contributed by atoms with Crippen molar-refractivity contribution in [1.29, 1.82) is 0 Å². The van der Waals surface area contributed by atoms with Crippen LogP contribution in [0.4, 0.5) is 10.5 Å². The molecule has 1 aromatic carbocycles. The van der Waals surface area contributed by atoms with E-state index in [1.807, 2.05) is 12.3 Å². The molecule has 8 nitrogen and oxygen atoms in total. The van der Waals surface area contributed by atoms with Crippen molar-refractivity contribution in [2.24, 2.45) is 0 Å². The number of carbonyl (C=O) groups is 1. The second-order valence-corrected chi connectivity index (χ2v) is 16.3. The zero-order valence-corrected chi connectivity index (χ0v) is 24.2. The van der Waals surface area contributed by atoms with Gasteiger partial charge >= 0.3 is 6.09 Å². The third-order valence-corrected chi connectivity index (χ3v) is 12.9. The van der Waals surface area contributed by atoms with E-state index in [1.54, 1.807) is 43.6 Å². The summed E-state index contributed by atoms with van der Waals surface area (Å²) < 4.78 is 7.45. The van der Waals surface area contributed by atoms with Crippen molar-refractivity contribution in [3.63, 3.8) is 0 Å². The summed E-state index contributed by atoms with van der Waals surface area (Å²) in [6.07, 6.45) is 2.72. The molecule has 0 bridgehead atoms. The highest BCUT2D eigenvalue weighted by molar-refractivity contribution is 6.79. The van der Waals surface area contributed by atoms with Gasteiger partial charge in [-0.1, -0.05) is 57.6 Å². The van der Waals surface area contributed by atoms with Crippen molar-refractivity contribution in [2.45, 2.75) is 51.6 Å². The Balaban J connectivity index is 1.79. The lowest BCUT2D eigenvalue weighted by molar-refractivity contribution is 0.200. The van der Waals surface area contributed by atoms with Crippen LogP contribution >= 0.6 is 11.6 Å². The number of fused-ring (bicyclic) bond motifs is 1. The Kier molecular flexibility index (Phi) is 7.56. The molecule has 4 rings (SSSR count). The summed E-state index contributed by atoms with van der Waals surface area (Å²) in [7, 11) is -0.417. The summed E-state index contributed by atoms with van der Waals surface area (Å²) in [5.41, 5.74) is 2.53. The van der Waals surface area contributed by atoms with E-state index in [-0.39, 0.29) is 28.0 Å². The summed E-state index contributed by atoms with van der Waals surface area (Å²) in [4.78, 5) is 22.6. The molecule has 0 aliphatic carbocycles. The van der Waals surface area contributed by atoms with Crippen LogP contribution in [0.3, 0.4) is 0 Å². The number of hydrogen-bond acceptors (Lipinski definition) is 5. The Labute approximate surface area is 228 Å². The number of aliphatic hydroxyl groups is 1. The second-order valence-electron chi connectivity index (χ2n) is 10.8. The van der Waals surface area contributed by atoms with E-state index >= 15 is 0 Å². The molecular weight excluding hydrogens is 520 g/mol. The zero-order chi connectivity index (χ0) is 27.8. The topological polar surface area (TPSA) is 101 Å². The molecule has 0 radical (unpaired) electrons. The molecule has 0 aliphatic heterocycles. The summed E-state index contributed by atoms with van der Waals surface area (Å²) >= 11 is 6.26. The molecular formula is C28H33ClN4O4Si. The average Bonchev–Trinajstić information content (AvgIpc) is 3.31. The number of halogens is 1. The Morgan fingerprint density at radius 1 is 1.16 bits per heavy atom. The van der Waals surface area contributed by atoms with Crippen molar-refractivity contribution in [3.05, 3.63) is 82.9 Å². The molecule has 1 atom stereocenters. The molecule has 38 heavy (non-hydrogen) atoms. The first-order valence-corrected chi connectivity index (χ1v) is 15.6. The summed E-state index contributed by atoms with van der Waals surface area (Å²) in [5.74, 6) is 0.669. The van der Waals surface area contributed by atoms with Gasteiger partial charge in [0.05, 0.1) is 30.1 Å². The first-order valence-electron chi connectivity index (χ1n) is 12.3. The van der Waals surface area contributed by atoms with E-state index in [4.69, 9.17) is 16.3 Å². The normalized spacial score (nSPS) is 12.9. The van der Waals surface area contributed by atoms with Crippen LogP contribution in [-0.2, 0) is 6.54 Å². The number of benzene rings is 1. The van der Waals surface area contributed by atoms with Gasteiger partial charge in [0.15, 0.2) is 8.24 Å². The lowest BCUT2D eigenvalue weighted by atomic mass is 10.0. The fourth-order valence-electron chi connectivity index (χ4n) is 4.29. The Hall–Kier alpha value is -3.40. The number of aliphatic hydroxyl groups excluding tert-OH is 1. The van der Waals surface area contributed by atoms with Crippen LogP contribution in [0.15, 0.2) is 61.1 Å². The van der Waals surface area contributed by atoms with Crippen LogP contribution in [0.25, 0.3) is 11.0 Å². The largest absolute Gasteiger partial charge is 0.497 e. The van der Waals surface area contributed by atoms with Crippen molar-refractivity contribution in [2.75, 3.05) is 12.0 Å². The van der Waals surface area contributed by atoms with Crippen LogP contribution in [0, 0.1) is 0 Å². The standard InChI is InChI=1S/C28H33ClN4O4Si/c1-28(2,3)38(5,6)33-14-12-22-21(11-13-30-26(22)33)25(34)24-23(15-19(29)16-31-24)32(27(35)36)17-18-7-9-20(37-4)10-8-18/h7-16,25,34H,17H2,1-6H3,(H,35,36). The summed E-state index contributed by atoms with van der Waals surface area (Å²) in [6.45, 7) is 11.3. The fourth-order valence-corrected chi connectivity index (χ4v) is 6.32. The van der Waals surface area contributed by atoms with Crippen LogP contribution < -0.4 is 9.64 Å². The molecule has 10 heteroatoms. The van der Waals surface area contributed by atoms with Crippen molar-refractivity contribution >= 4 is 42.7 Å². The van der Waals surface area contributed by atoms with E-state index in [0.29, 0.717) is 11.3 Å². The molecule has 1 amide bonds. The number of aromatic nitrogens is 3. The minimum Gasteiger partial charge on any atom is -0.497 e. The van der Waals surface area contributed by atoms with Gasteiger partial charge in [0, 0.05) is 17.8 Å². The first kappa shape index (κ1) is 27.6. The number of pyridine rings is 2. The molecule has 4 aromatic rings. The first-order chi connectivity index (χ1) is 17.8. The highest BCUT2D eigenvalue weighted by Gasteiger charge is 2.39. The lowest BCUT2D eigenvalue weighted by Crippen LogP contribution is -2.45. The van der Waals surface area contributed by atoms with Gasteiger partial charge in [-0.25, -0.2) is 9.78 Å². The number of methoxy groups -OCH3 is 1. The number of anilines is 1. The molecule has 3 heterocycles. The number of rotatable bonds is 7. The Morgan fingerprint density at radius 2 is 1.84 bits per heavy atom. The highest BCUT2D eigenvalue weighted by atomic mass is 35.5. The predicted molar refractivity (Wildman–Crippen MR) is 153 cm³/mol. The quantitative estimate of drug-likeness (QED) is 0.247. The van der Waals surface area contributed by atoms with E-state index in [9.17, 15) is 15.0 Å². The van der Waals surface area contributed by atoms with Gasteiger partial charge in [0.25, 0.3) is 0 Å². The SMILES string of the molecule is COc1ccc(CN(C(=O)O)c2cc(Cl)cnc2C(O)c2ccnc3c2ccn3[Si](C)(C)C(C)(C)C)cc1. The molecule has 0 fully saturated rings. The molecule has 0 aliphatic rings. The Bertz CT molecular complexity index is 1460.